The molecule has 0 bridgehead atoms. The molecular weight excluding hydrogens is 578 g/mol. The van der Waals surface area contributed by atoms with E-state index in [0.29, 0.717) is 26.1 Å². The Labute approximate surface area is 272 Å². The first kappa shape index (κ1) is 33.3. The number of amides is 2. The number of ether oxygens (including phenoxy) is 2. The van der Waals surface area contributed by atoms with Crippen LogP contribution in [0.3, 0.4) is 0 Å². The zero-order valence-corrected chi connectivity index (χ0v) is 26.8. The molecule has 4 N–H and O–H groups in total. The van der Waals surface area contributed by atoms with E-state index >= 15 is 0 Å². The fourth-order valence-corrected chi connectivity index (χ4v) is 5.79. The minimum absolute atomic E-state index is 0.00739. The Morgan fingerprint density at radius 2 is 1.59 bits per heavy atom. The molecule has 0 aliphatic carbocycles. The van der Waals surface area contributed by atoms with Crippen molar-refractivity contribution in [2.75, 3.05) is 20.1 Å². The molecule has 1 fully saturated rings. The van der Waals surface area contributed by atoms with E-state index in [-0.39, 0.29) is 30.9 Å². The molecule has 4 aromatic carbocycles. The summed E-state index contributed by atoms with van der Waals surface area (Å²) in [6, 6.07) is 33.7. The normalized spacial score (nSPS) is 19.4. The second kappa shape index (κ2) is 16.0. The van der Waals surface area contributed by atoms with E-state index in [0.717, 1.165) is 38.9 Å². The van der Waals surface area contributed by atoms with Crippen LogP contribution in [0.15, 0.2) is 103 Å². The first-order valence-electron chi connectivity index (χ1n) is 16.0. The molecule has 8 nitrogen and oxygen atoms in total. The lowest BCUT2D eigenvalue weighted by Crippen LogP contribution is -2.43. The highest BCUT2D eigenvalue weighted by molar-refractivity contribution is 5.73. The number of benzene rings is 4. The van der Waals surface area contributed by atoms with Crippen LogP contribution in [0.25, 0.3) is 11.1 Å². The van der Waals surface area contributed by atoms with Gasteiger partial charge in [0.2, 0.25) is 0 Å². The van der Waals surface area contributed by atoms with E-state index in [2.05, 4.69) is 39.8 Å². The zero-order chi connectivity index (χ0) is 32.5. The van der Waals surface area contributed by atoms with E-state index in [1.54, 1.807) is 0 Å². The van der Waals surface area contributed by atoms with Crippen LogP contribution in [0.1, 0.15) is 66.6 Å². The van der Waals surface area contributed by atoms with Gasteiger partial charge in [0.05, 0.1) is 24.9 Å². The number of aliphatic hydroxyl groups is 2. The van der Waals surface area contributed by atoms with Gasteiger partial charge >= 0.3 is 6.03 Å². The molecular formula is C38H45N3O5. The number of aliphatic hydroxyl groups excluding tert-OH is 2. The lowest BCUT2D eigenvalue weighted by Gasteiger charge is -2.39. The number of hydrogen-bond acceptors (Lipinski definition) is 6. The Morgan fingerprint density at radius 1 is 0.870 bits per heavy atom. The minimum Gasteiger partial charge on any atom is -0.392 e. The highest BCUT2D eigenvalue weighted by Crippen LogP contribution is 2.39. The van der Waals surface area contributed by atoms with Crippen LogP contribution in [0, 0.1) is 0 Å². The summed E-state index contributed by atoms with van der Waals surface area (Å²) in [5.41, 5.74) is 6.81. The van der Waals surface area contributed by atoms with Crippen molar-refractivity contribution in [1.29, 1.82) is 0 Å². The zero-order valence-electron chi connectivity index (χ0n) is 26.8. The molecule has 5 rings (SSSR count). The van der Waals surface area contributed by atoms with E-state index < -0.39 is 12.4 Å². The maximum atomic E-state index is 11.8. The summed E-state index contributed by atoms with van der Waals surface area (Å²) in [6.45, 7) is 5.55. The number of nitrogens with zero attached hydrogens (tertiary/aromatic N) is 1. The lowest BCUT2D eigenvalue weighted by atomic mass is 9.98. The van der Waals surface area contributed by atoms with Crippen molar-refractivity contribution < 1.29 is 24.5 Å². The standard InChI is InChI=1S/C38H45N3O5/c1-4-39-38(44)40-23-28-9-8-12-33(21-28)29-17-19-32(20-18-29)37-45-34(22-35(46-37)30-15-13-27(25-42)14-16-30)24-41(3)26(2)36(43)31-10-6-5-7-11-31/h5-21,26,34-37,42-43H,4,22-25H2,1-3H3,(H2,39,40,44). The first-order chi connectivity index (χ1) is 22.3. The second-order valence-corrected chi connectivity index (χ2v) is 11.9. The number of carbonyl (C=O) groups is 1. The summed E-state index contributed by atoms with van der Waals surface area (Å²) in [4.78, 5) is 14.0. The Morgan fingerprint density at radius 3 is 2.28 bits per heavy atom. The van der Waals surface area contributed by atoms with Crippen LogP contribution in [-0.2, 0) is 22.6 Å². The van der Waals surface area contributed by atoms with Crippen LogP contribution < -0.4 is 10.6 Å². The van der Waals surface area contributed by atoms with Gasteiger partial charge in [0.1, 0.15) is 0 Å². The smallest absolute Gasteiger partial charge is 0.315 e. The highest BCUT2D eigenvalue weighted by atomic mass is 16.7. The SMILES string of the molecule is CCNC(=O)NCc1cccc(-c2ccc(C3OC(CN(C)C(C)C(O)c4ccccc4)CC(c4ccc(CO)cc4)O3)cc2)c1. The molecule has 1 saturated heterocycles. The third kappa shape index (κ3) is 8.60. The Balaban J connectivity index is 1.32. The third-order valence-corrected chi connectivity index (χ3v) is 8.63. The number of hydrogen-bond donors (Lipinski definition) is 4. The Bertz CT molecular complexity index is 1530. The van der Waals surface area contributed by atoms with Crippen molar-refractivity contribution in [3.63, 3.8) is 0 Å². The molecule has 1 aliphatic rings. The first-order valence-corrected chi connectivity index (χ1v) is 16.0. The van der Waals surface area contributed by atoms with Gasteiger partial charge in [-0.2, -0.15) is 0 Å². The van der Waals surface area contributed by atoms with Crippen molar-refractivity contribution in [1.82, 2.24) is 15.5 Å². The van der Waals surface area contributed by atoms with Gasteiger partial charge in [-0.1, -0.05) is 97.1 Å². The monoisotopic (exact) mass is 623 g/mol. The van der Waals surface area contributed by atoms with Crippen molar-refractivity contribution in [2.45, 2.75) is 64.1 Å². The van der Waals surface area contributed by atoms with Gasteiger partial charge < -0.3 is 30.3 Å². The fourth-order valence-electron chi connectivity index (χ4n) is 5.79. The van der Waals surface area contributed by atoms with Crippen LogP contribution in [0.5, 0.6) is 0 Å². The summed E-state index contributed by atoms with van der Waals surface area (Å²) in [5, 5.41) is 26.2. The van der Waals surface area contributed by atoms with E-state index in [1.165, 1.54) is 0 Å². The number of rotatable bonds is 12. The summed E-state index contributed by atoms with van der Waals surface area (Å²) in [5.74, 6) is 0. The van der Waals surface area contributed by atoms with Gasteiger partial charge in [-0.25, -0.2) is 4.79 Å². The number of urea groups is 1. The van der Waals surface area contributed by atoms with Crippen molar-refractivity contribution in [3.05, 3.63) is 131 Å². The fraction of sp³-hybridized carbons (Fsp3) is 0.342. The molecule has 1 heterocycles. The predicted molar refractivity (Wildman–Crippen MR) is 180 cm³/mol. The Hall–Kier alpha value is -4.05. The molecule has 0 aromatic heterocycles. The number of nitrogens with one attached hydrogen (secondary N) is 2. The van der Waals surface area contributed by atoms with Gasteiger partial charge in [-0.15, -0.1) is 0 Å². The van der Waals surface area contributed by atoms with Crippen LogP contribution >= 0.6 is 0 Å². The molecule has 46 heavy (non-hydrogen) atoms. The minimum atomic E-state index is -0.626. The van der Waals surface area contributed by atoms with Crippen molar-refractivity contribution in [2.24, 2.45) is 0 Å². The van der Waals surface area contributed by atoms with Gasteiger partial charge in [0.25, 0.3) is 0 Å². The van der Waals surface area contributed by atoms with Crippen LogP contribution in [0.4, 0.5) is 4.79 Å². The van der Waals surface area contributed by atoms with Gasteiger partial charge in [-0.05, 0) is 60.3 Å². The predicted octanol–water partition coefficient (Wildman–Crippen LogP) is 6.26. The Kier molecular flexibility index (Phi) is 11.6. The average molecular weight is 624 g/mol. The molecule has 4 aromatic rings. The molecule has 242 valence electrons. The molecule has 5 unspecified atom stereocenters. The van der Waals surface area contributed by atoms with E-state index in [4.69, 9.17) is 9.47 Å². The van der Waals surface area contributed by atoms with Gasteiger partial charge in [-0.3, -0.25) is 4.90 Å². The largest absolute Gasteiger partial charge is 0.392 e. The molecule has 0 radical (unpaired) electrons. The lowest BCUT2D eigenvalue weighted by molar-refractivity contribution is -0.253. The molecule has 5 atom stereocenters. The molecule has 1 aliphatic heterocycles. The number of carbonyl (C=O) groups excluding carboxylic acids is 1. The highest BCUT2D eigenvalue weighted by Gasteiger charge is 2.34. The van der Waals surface area contributed by atoms with Crippen molar-refractivity contribution >= 4 is 6.03 Å². The van der Waals surface area contributed by atoms with E-state index in [1.807, 2.05) is 99.8 Å². The van der Waals surface area contributed by atoms with Crippen molar-refractivity contribution in [3.8, 4) is 11.1 Å². The second-order valence-electron chi connectivity index (χ2n) is 11.9. The summed E-state index contributed by atoms with van der Waals surface area (Å²) < 4.78 is 13.1. The quantitative estimate of drug-likeness (QED) is 0.149. The molecule has 2 amide bonds. The maximum Gasteiger partial charge on any atom is 0.315 e. The van der Waals surface area contributed by atoms with Crippen LogP contribution in [-0.4, -0.2) is 53.4 Å². The third-order valence-electron chi connectivity index (χ3n) is 8.63. The molecule has 0 spiro atoms. The summed E-state index contributed by atoms with van der Waals surface area (Å²) in [6.07, 6.45) is -0.897. The number of likely N-dealkylation sites (N-methyl/N-ethyl adjacent to an activating group) is 1. The summed E-state index contributed by atoms with van der Waals surface area (Å²) >= 11 is 0. The maximum absolute atomic E-state index is 11.8. The molecule has 0 saturated carbocycles. The van der Waals surface area contributed by atoms with Gasteiger partial charge in [0.15, 0.2) is 6.29 Å². The summed E-state index contributed by atoms with van der Waals surface area (Å²) in [7, 11) is 2.02. The topological polar surface area (TPSA) is 103 Å². The van der Waals surface area contributed by atoms with Gasteiger partial charge in [0, 0.05) is 37.7 Å². The molecule has 8 heteroatoms. The van der Waals surface area contributed by atoms with Crippen LogP contribution in [0.2, 0.25) is 0 Å². The average Bonchev–Trinajstić information content (AvgIpc) is 3.10. The van der Waals surface area contributed by atoms with E-state index in [9.17, 15) is 15.0 Å².